The Balaban J connectivity index is 1.67. The zero-order valence-corrected chi connectivity index (χ0v) is 18.0. The zero-order valence-electron chi connectivity index (χ0n) is 18.0. The van der Waals surface area contributed by atoms with Crippen LogP contribution < -0.4 is 15.1 Å². The number of amides is 2. The molecule has 170 valence electrons. The first-order chi connectivity index (χ1) is 15.3. The van der Waals surface area contributed by atoms with Gasteiger partial charge in [0, 0.05) is 20.0 Å². The number of anilines is 2. The first-order valence-corrected chi connectivity index (χ1v) is 10.4. The predicted molar refractivity (Wildman–Crippen MR) is 114 cm³/mol. The van der Waals surface area contributed by atoms with Gasteiger partial charge < -0.3 is 19.7 Å². The van der Waals surface area contributed by atoms with Crippen molar-refractivity contribution in [1.82, 2.24) is 5.32 Å². The second-order valence-electron chi connectivity index (χ2n) is 7.46. The van der Waals surface area contributed by atoms with Crippen LogP contribution in [0.15, 0.2) is 29.5 Å². The number of carbonyl (C=O) groups excluding carboxylic acids is 3. The molecule has 1 aromatic rings. The van der Waals surface area contributed by atoms with Crippen LogP contribution in [0.25, 0.3) is 4.85 Å². The van der Waals surface area contributed by atoms with E-state index in [2.05, 4.69) is 10.2 Å². The average molecular weight is 444 g/mol. The number of hydrogen-bond acceptors (Lipinski definition) is 6. The van der Waals surface area contributed by atoms with Crippen LogP contribution in [0.2, 0.25) is 0 Å². The minimum absolute atomic E-state index is 0.0173. The lowest BCUT2D eigenvalue weighted by molar-refractivity contribution is -0.138. The molecule has 2 saturated heterocycles. The summed E-state index contributed by atoms with van der Waals surface area (Å²) in [6.45, 7) is 11.8. The lowest BCUT2D eigenvalue weighted by Gasteiger charge is -2.31. The van der Waals surface area contributed by atoms with E-state index in [9.17, 15) is 18.8 Å². The normalized spacial score (nSPS) is 18.1. The molecule has 1 atom stereocenters. The van der Waals surface area contributed by atoms with Gasteiger partial charge in [-0.1, -0.05) is 5.57 Å². The van der Waals surface area contributed by atoms with E-state index in [1.54, 1.807) is 19.1 Å². The lowest BCUT2D eigenvalue weighted by atomic mass is 10.0. The first-order valence-electron chi connectivity index (χ1n) is 10.4. The van der Waals surface area contributed by atoms with E-state index < -0.39 is 24.0 Å². The van der Waals surface area contributed by atoms with Crippen molar-refractivity contribution in [3.05, 3.63) is 46.7 Å². The molecular formula is C22H25FN4O5. The molecule has 0 aromatic heterocycles. The molecule has 0 spiro atoms. The van der Waals surface area contributed by atoms with E-state index in [1.807, 2.05) is 4.90 Å². The second kappa shape index (κ2) is 10.1. The van der Waals surface area contributed by atoms with Gasteiger partial charge >= 0.3 is 12.1 Å². The summed E-state index contributed by atoms with van der Waals surface area (Å²) in [4.78, 5) is 41.6. The van der Waals surface area contributed by atoms with Gasteiger partial charge in [0.05, 0.1) is 37.6 Å². The third-order valence-corrected chi connectivity index (χ3v) is 5.32. The number of ether oxygens (including phenoxy) is 2. The van der Waals surface area contributed by atoms with Crippen LogP contribution in [-0.2, 0) is 19.1 Å². The maximum Gasteiger partial charge on any atom is 0.414 e. The summed E-state index contributed by atoms with van der Waals surface area (Å²) in [5.41, 5.74) is 1.49. The SMILES string of the molecule is [C-]#[N+]C(C(=O)OCC)=C1CCN(c2ccc(N3C[C@H](CNC(C)=O)OC3=O)cc2F)CC1. The van der Waals surface area contributed by atoms with Crippen molar-refractivity contribution in [3.63, 3.8) is 0 Å². The van der Waals surface area contributed by atoms with Gasteiger partial charge in [-0.15, -0.1) is 0 Å². The molecule has 10 heteroatoms. The number of hydrogen-bond donors (Lipinski definition) is 1. The lowest BCUT2D eigenvalue weighted by Crippen LogP contribution is -2.33. The largest absolute Gasteiger partial charge is 0.471 e. The Hall–Kier alpha value is -3.61. The van der Waals surface area contributed by atoms with Crippen LogP contribution >= 0.6 is 0 Å². The van der Waals surface area contributed by atoms with Crippen molar-refractivity contribution in [2.24, 2.45) is 0 Å². The van der Waals surface area contributed by atoms with Gasteiger partial charge in [0.1, 0.15) is 11.9 Å². The van der Waals surface area contributed by atoms with E-state index in [-0.39, 0.29) is 31.3 Å². The fourth-order valence-electron chi connectivity index (χ4n) is 3.74. The summed E-state index contributed by atoms with van der Waals surface area (Å²) in [7, 11) is 0. The summed E-state index contributed by atoms with van der Waals surface area (Å²) < 4.78 is 25.1. The van der Waals surface area contributed by atoms with E-state index >= 15 is 0 Å². The van der Waals surface area contributed by atoms with Gasteiger partial charge in [0.2, 0.25) is 5.91 Å². The fourth-order valence-corrected chi connectivity index (χ4v) is 3.74. The van der Waals surface area contributed by atoms with Gasteiger partial charge in [-0.3, -0.25) is 14.5 Å². The van der Waals surface area contributed by atoms with E-state index in [4.69, 9.17) is 16.0 Å². The van der Waals surface area contributed by atoms with Crippen molar-refractivity contribution >= 4 is 29.3 Å². The van der Waals surface area contributed by atoms with Gasteiger partial charge in [-0.2, -0.15) is 0 Å². The number of piperidine rings is 1. The number of rotatable bonds is 6. The fraction of sp³-hybridized carbons (Fsp3) is 0.455. The predicted octanol–water partition coefficient (Wildman–Crippen LogP) is 2.62. The molecule has 0 aliphatic carbocycles. The smallest absolute Gasteiger partial charge is 0.414 e. The maximum absolute atomic E-state index is 14.9. The second-order valence-corrected chi connectivity index (χ2v) is 7.46. The summed E-state index contributed by atoms with van der Waals surface area (Å²) in [6.07, 6.45) is -0.175. The minimum Gasteiger partial charge on any atom is -0.471 e. The van der Waals surface area contributed by atoms with Crippen LogP contribution in [0.5, 0.6) is 0 Å². The molecule has 0 unspecified atom stereocenters. The topological polar surface area (TPSA) is 92.5 Å². The van der Waals surface area contributed by atoms with Crippen LogP contribution in [0, 0.1) is 12.4 Å². The molecule has 2 amide bonds. The Morgan fingerprint density at radius 2 is 2.06 bits per heavy atom. The highest BCUT2D eigenvalue weighted by molar-refractivity contribution is 5.91. The van der Waals surface area contributed by atoms with E-state index in [0.717, 1.165) is 5.57 Å². The zero-order chi connectivity index (χ0) is 23.3. The Morgan fingerprint density at radius 1 is 1.34 bits per heavy atom. The summed E-state index contributed by atoms with van der Waals surface area (Å²) in [5, 5.41) is 2.60. The third-order valence-electron chi connectivity index (χ3n) is 5.32. The van der Waals surface area contributed by atoms with Crippen molar-refractivity contribution in [2.45, 2.75) is 32.8 Å². The Labute approximate surface area is 185 Å². The highest BCUT2D eigenvalue weighted by Gasteiger charge is 2.33. The quantitative estimate of drug-likeness (QED) is 0.412. The van der Waals surface area contributed by atoms with Crippen LogP contribution in [0.3, 0.4) is 0 Å². The molecule has 3 rings (SSSR count). The molecule has 32 heavy (non-hydrogen) atoms. The molecule has 2 heterocycles. The molecule has 1 aromatic carbocycles. The number of carbonyl (C=O) groups is 3. The average Bonchev–Trinajstić information content (AvgIpc) is 3.14. The Morgan fingerprint density at radius 3 is 2.66 bits per heavy atom. The molecule has 0 bridgehead atoms. The van der Waals surface area contributed by atoms with Crippen LogP contribution in [0.4, 0.5) is 20.6 Å². The first kappa shape index (κ1) is 23.1. The number of halogens is 1. The highest BCUT2D eigenvalue weighted by atomic mass is 19.1. The third kappa shape index (κ3) is 5.17. The molecule has 9 nitrogen and oxygen atoms in total. The maximum atomic E-state index is 14.9. The molecule has 2 fully saturated rings. The van der Waals surface area contributed by atoms with Gasteiger partial charge in [0.15, 0.2) is 0 Å². The Bertz CT molecular complexity index is 977. The summed E-state index contributed by atoms with van der Waals surface area (Å²) in [6, 6.07) is 4.54. The van der Waals surface area contributed by atoms with Crippen LogP contribution in [0.1, 0.15) is 26.7 Å². The number of nitrogens with zero attached hydrogens (tertiary/aromatic N) is 3. The van der Waals surface area contributed by atoms with Gasteiger partial charge in [-0.05, 0) is 38.0 Å². The highest BCUT2D eigenvalue weighted by Crippen LogP contribution is 2.31. The number of esters is 1. The van der Waals surface area contributed by atoms with Gasteiger partial charge in [-0.25, -0.2) is 14.0 Å². The number of benzene rings is 1. The monoisotopic (exact) mass is 444 g/mol. The number of cyclic esters (lactones) is 1. The summed E-state index contributed by atoms with van der Waals surface area (Å²) in [5.74, 6) is -1.32. The number of nitrogens with one attached hydrogen (secondary N) is 1. The Kier molecular flexibility index (Phi) is 7.30. The van der Waals surface area contributed by atoms with Crippen LogP contribution in [-0.4, -0.2) is 56.9 Å². The van der Waals surface area contributed by atoms with Crippen molar-refractivity contribution in [3.8, 4) is 0 Å². The summed E-state index contributed by atoms with van der Waals surface area (Å²) >= 11 is 0. The molecule has 0 saturated carbocycles. The molecule has 2 aliphatic rings. The molecule has 2 aliphatic heterocycles. The molecular weight excluding hydrogens is 419 g/mol. The van der Waals surface area contributed by atoms with Crippen molar-refractivity contribution in [1.29, 1.82) is 0 Å². The standard InChI is InChI=1S/C22H25FN4O5/c1-4-31-21(29)20(24-3)15-7-9-26(10-8-15)19-6-5-16(11-18(19)23)27-13-17(32-22(27)30)12-25-14(2)28/h5-6,11,17H,4,7-10,12-13H2,1-2H3,(H,25,28)/t17-/m0/s1. The molecule has 0 radical (unpaired) electrons. The minimum atomic E-state index is -0.615. The van der Waals surface area contributed by atoms with Crippen molar-refractivity contribution in [2.75, 3.05) is 42.6 Å². The van der Waals surface area contributed by atoms with Gasteiger partial charge in [0.25, 0.3) is 5.70 Å². The van der Waals surface area contributed by atoms with E-state index in [0.29, 0.717) is 37.3 Å². The van der Waals surface area contributed by atoms with Crippen molar-refractivity contribution < 1.29 is 28.2 Å². The molecule has 1 N–H and O–H groups in total. The van der Waals surface area contributed by atoms with E-state index in [1.165, 1.54) is 17.9 Å².